The number of likely N-dealkylation sites (tertiary alicyclic amines) is 1. The van der Waals surface area contributed by atoms with Gasteiger partial charge in [0.15, 0.2) is 0 Å². The highest BCUT2D eigenvalue weighted by Gasteiger charge is 2.34. The van der Waals surface area contributed by atoms with Crippen LogP contribution < -0.4 is 10.1 Å². The highest BCUT2D eigenvalue weighted by molar-refractivity contribution is 5.99. The van der Waals surface area contributed by atoms with Crippen LogP contribution >= 0.6 is 12.4 Å². The predicted octanol–water partition coefficient (Wildman–Crippen LogP) is 6.37. The van der Waals surface area contributed by atoms with E-state index < -0.39 is 0 Å². The molecule has 0 spiro atoms. The van der Waals surface area contributed by atoms with Gasteiger partial charge in [0.1, 0.15) is 23.6 Å². The largest absolute Gasteiger partial charge is 0.488 e. The third-order valence-electron chi connectivity index (χ3n) is 9.46. The molecule has 41 heavy (non-hydrogen) atoms. The lowest BCUT2D eigenvalue weighted by Gasteiger charge is -2.46. The quantitative estimate of drug-likeness (QED) is 0.267. The number of furan rings is 1. The van der Waals surface area contributed by atoms with Crippen molar-refractivity contribution >= 4 is 40.2 Å². The van der Waals surface area contributed by atoms with Gasteiger partial charge >= 0.3 is 0 Å². The molecular formula is C33H41ClN4O3. The molecule has 1 amide bonds. The van der Waals surface area contributed by atoms with E-state index in [4.69, 9.17) is 9.15 Å². The number of aromatic nitrogens is 1. The molecule has 0 bridgehead atoms. The lowest BCUT2D eigenvalue weighted by atomic mass is 9.83. The Hall–Kier alpha value is -3.00. The fraction of sp³-hybridized carbons (Fsp3) is 0.485. The number of hydrogen-bond donors (Lipinski definition) is 2. The van der Waals surface area contributed by atoms with E-state index in [0.29, 0.717) is 12.3 Å². The standard InChI is InChI=1S/C33H40N4O3.ClH/c38-33(34-25-13-17-36(18-14-25)20-23-7-6-16-37-15-4-3-10-30(23)37)29-19-27-28(35-29)9-5-12-32(27)40-22-24-21-39-31-11-2-1-8-26(24)31;/h1-2,5,8-9,11-12,19,21,23,25,30,35H,3-4,6-7,10,13-18,20,22H2,(H,34,38);1H/t23-,30?;/m0./s1. The fourth-order valence-corrected chi connectivity index (χ4v) is 7.32. The molecule has 8 heteroatoms. The lowest BCUT2D eigenvalue weighted by Crippen LogP contribution is -2.52. The second-order valence-corrected chi connectivity index (χ2v) is 12.0. The topological polar surface area (TPSA) is 73.7 Å². The SMILES string of the molecule is Cl.O=C(NC1CCN(C[C@@H]2CCCN3CCCCC23)CC1)c1cc2c(OCc3coc4ccccc34)cccc2[nH]1. The van der Waals surface area contributed by atoms with Gasteiger partial charge in [0.25, 0.3) is 5.91 Å². The van der Waals surface area contributed by atoms with Crippen molar-refractivity contribution in [3.05, 3.63) is 66.1 Å². The number of nitrogens with one attached hydrogen (secondary N) is 2. The number of amides is 1. The molecule has 2 aromatic carbocycles. The summed E-state index contributed by atoms with van der Waals surface area (Å²) < 4.78 is 11.9. The van der Waals surface area contributed by atoms with Crippen LogP contribution in [0.25, 0.3) is 21.9 Å². The minimum atomic E-state index is -0.0356. The van der Waals surface area contributed by atoms with Crippen molar-refractivity contribution in [3.63, 3.8) is 0 Å². The van der Waals surface area contributed by atoms with Crippen molar-refractivity contribution in [3.8, 4) is 5.75 Å². The monoisotopic (exact) mass is 576 g/mol. The molecule has 7 rings (SSSR count). The third-order valence-corrected chi connectivity index (χ3v) is 9.46. The zero-order chi connectivity index (χ0) is 26.9. The number of piperidine rings is 3. The molecule has 2 aromatic heterocycles. The Morgan fingerprint density at radius 1 is 0.951 bits per heavy atom. The average molecular weight is 577 g/mol. The van der Waals surface area contributed by atoms with Crippen molar-refractivity contribution in [2.75, 3.05) is 32.7 Å². The molecule has 2 N–H and O–H groups in total. The molecule has 3 fully saturated rings. The zero-order valence-electron chi connectivity index (χ0n) is 23.6. The number of fused-ring (bicyclic) bond motifs is 3. The molecule has 3 saturated heterocycles. The number of hydrogen-bond acceptors (Lipinski definition) is 5. The van der Waals surface area contributed by atoms with Gasteiger partial charge in [-0.1, -0.05) is 30.7 Å². The smallest absolute Gasteiger partial charge is 0.267 e. The number of halogens is 1. The van der Waals surface area contributed by atoms with E-state index in [0.717, 1.165) is 71.1 Å². The maximum atomic E-state index is 13.2. The van der Waals surface area contributed by atoms with Crippen molar-refractivity contribution in [2.24, 2.45) is 5.92 Å². The van der Waals surface area contributed by atoms with E-state index in [9.17, 15) is 4.79 Å². The van der Waals surface area contributed by atoms with Gasteiger partial charge in [-0.25, -0.2) is 0 Å². The van der Waals surface area contributed by atoms with E-state index in [1.54, 1.807) is 6.26 Å². The van der Waals surface area contributed by atoms with Crippen LogP contribution in [0, 0.1) is 5.92 Å². The summed E-state index contributed by atoms with van der Waals surface area (Å²) >= 11 is 0. The van der Waals surface area contributed by atoms with Crippen LogP contribution in [-0.2, 0) is 6.61 Å². The molecule has 0 radical (unpaired) electrons. The van der Waals surface area contributed by atoms with Crippen molar-refractivity contribution < 1.29 is 13.9 Å². The maximum Gasteiger partial charge on any atom is 0.267 e. The van der Waals surface area contributed by atoms with Crippen LogP contribution in [-0.4, -0.2) is 65.5 Å². The lowest BCUT2D eigenvalue weighted by molar-refractivity contribution is 0.0351. The molecule has 0 saturated carbocycles. The number of carbonyl (C=O) groups excluding carboxylic acids is 1. The number of rotatable bonds is 7. The molecule has 7 nitrogen and oxygen atoms in total. The summed E-state index contributed by atoms with van der Waals surface area (Å²) in [6, 6.07) is 16.8. The number of ether oxygens (including phenoxy) is 1. The zero-order valence-corrected chi connectivity index (χ0v) is 24.5. The first-order valence-corrected chi connectivity index (χ1v) is 15.2. The number of nitrogens with zero attached hydrogens (tertiary/aromatic N) is 2. The first kappa shape index (κ1) is 28.1. The van der Waals surface area contributed by atoms with E-state index in [1.807, 2.05) is 48.5 Å². The summed E-state index contributed by atoms with van der Waals surface area (Å²) in [5.41, 5.74) is 3.35. The third kappa shape index (κ3) is 5.99. The number of carbonyl (C=O) groups is 1. The first-order valence-electron chi connectivity index (χ1n) is 15.2. The number of benzene rings is 2. The van der Waals surface area contributed by atoms with Crippen molar-refractivity contribution in [1.82, 2.24) is 20.1 Å². The minimum Gasteiger partial charge on any atom is -0.488 e. The second kappa shape index (κ2) is 12.5. The Morgan fingerprint density at radius 3 is 2.71 bits per heavy atom. The fourth-order valence-electron chi connectivity index (χ4n) is 7.32. The van der Waals surface area contributed by atoms with Crippen LogP contribution in [0.4, 0.5) is 0 Å². The summed E-state index contributed by atoms with van der Waals surface area (Å²) in [5.74, 6) is 1.53. The number of H-pyrrole nitrogens is 1. The van der Waals surface area contributed by atoms with Crippen LogP contribution in [0.5, 0.6) is 5.75 Å². The van der Waals surface area contributed by atoms with Crippen LogP contribution in [0.3, 0.4) is 0 Å². The summed E-state index contributed by atoms with van der Waals surface area (Å²) in [4.78, 5) is 22.0. The average Bonchev–Trinajstić information content (AvgIpc) is 3.62. The van der Waals surface area contributed by atoms with E-state index in [2.05, 4.69) is 20.1 Å². The van der Waals surface area contributed by atoms with Crippen molar-refractivity contribution in [1.29, 1.82) is 0 Å². The van der Waals surface area contributed by atoms with Gasteiger partial charge in [0.05, 0.1) is 6.26 Å². The molecule has 5 heterocycles. The normalized spacial score (nSPS) is 22.3. The van der Waals surface area contributed by atoms with E-state index in [-0.39, 0.29) is 24.4 Å². The molecule has 3 aliphatic rings. The molecule has 3 aliphatic heterocycles. The number of aromatic amines is 1. The summed E-state index contributed by atoms with van der Waals surface area (Å²) in [6.45, 7) is 6.38. The second-order valence-electron chi connectivity index (χ2n) is 12.0. The molecule has 0 aliphatic carbocycles. The van der Waals surface area contributed by atoms with Gasteiger partial charge in [-0.2, -0.15) is 0 Å². The Bertz CT molecular complexity index is 1470. The first-order chi connectivity index (χ1) is 19.7. The Kier molecular flexibility index (Phi) is 8.56. The molecule has 2 atom stereocenters. The number of para-hydroxylation sites is 1. The van der Waals surface area contributed by atoms with Gasteiger partial charge in [0.2, 0.25) is 0 Å². The highest BCUT2D eigenvalue weighted by Crippen LogP contribution is 2.32. The molecule has 4 aromatic rings. The van der Waals surface area contributed by atoms with Crippen LogP contribution in [0.2, 0.25) is 0 Å². The van der Waals surface area contributed by atoms with E-state index >= 15 is 0 Å². The minimum absolute atomic E-state index is 0. The predicted molar refractivity (Wildman–Crippen MR) is 165 cm³/mol. The molecular weight excluding hydrogens is 536 g/mol. The maximum absolute atomic E-state index is 13.2. The van der Waals surface area contributed by atoms with E-state index in [1.165, 1.54) is 51.7 Å². The van der Waals surface area contributed by atoms with Gasteiger partial charge in [-0.05, 0) is 81.8 Å². The Labute approximate surface area is 248 Å². The molecule has 1 unspecified atom stereocenters. The summed E-state index contributed by atoms with van der Waals surface area (Å²) in [7, 11) is 0. The van der Waals surface area contributed by atoms with Crippen LogP contribution in [0.15, 0.2) is 59.2 Å². The van der Waals surface area contributed by atoms with Crippen molar-refractivity contribution in [2.45, 2.75) is 63.6 Å². The Balaban J connectivity index is 0.00000302. The van der Waals surface area contributed by atoms with Gasteiger partial charge < -0.3 is 29.3 Å². The van der Waals surface area contributed by atoms with Gasteiger partial charge in [-0.15, -0.1) is 12.4 Å². The highest BCUT2D eigenvalue weighted by atomic mass is 35.5. The van der Waals surface area contributed by atoms with Gasteiger partial charge in [0, 0.05) is 53.6 Å². The van der Waals surface area contributed by atoms with Crippen LogP contribution in [0.1, 0.15) is 61.0 Å². The van der Waals surface area contributed by atoms with Gasteiger partial charge in [-0.3, -0.25) is 4.79 Å². The Morgan fingerprint density at radius 2 is 1.80 bits per heavy atom. The summed E-state index contributed by atoms with van der Waals surface area (Å²) in [5, 5.41) is 5.28. The molecule has 218 valence electrons. The summed E-state index contributed by atoms with van der Waals surface area (Å²) in [6.07, 6.45) is 10.7.